The van der Waals surface area contributed by atoms with Crippen molar-refractivity contribution >= 4 is 35.8 Å². The summed E-state index contributed by atoms with van der Waals surface area (Å²) < 4.78 is 20.0. The molecule has 2 N–H and O–H groups in total. The average Bonchev–Trinajstić information content (AvgIpc) is 2.94. The highest BCUT2D eigenvalue weighted by Crippen LogP contribution is 2.13. The number of carbonyl (C=O) groups is 6. The largest absolute Gasteiger partial charge is 0.480 e. The molecule has 2 rings (SSSR count). The van der Waals surface area contributed by atoms with Crippen molar-refractivity contribution < 1.29 is 57.9 Å². The lowest BCUT2D eigenvalue weighted by Gasteiger charge is -2.26. The number of rotatable bonds is 14. The van der Waals surface area contributed by atoms with Crippen molar-refractivity contribution in [2.75, 3.05) is 40.4 Å². The molecular formula is C34H46N2O12. The maximum Gasteiger partial charge on any atom is 0.337 e. The Morgan fingerprint density at radius 3 is 1.08 bits per heavy atom. The number of esters is 4. The Morgan fingerprint density at radius 2 is 0.833 bits per heavy atom. The quantitative estimate of drug-likeness (QED) is 0.219. The van der Waals surface area contributed by atoms with Crippen LogP contribution in [0.4, 0.5) is 0 Å². The predicted octanol–water partition coefficient (Wildman–Crippen LogP) is 3.40. The van der Waals surface area contributed by atoms with Crippen LogP contribution in [-0.2, 0) is 51.2 Å². The molecule has 48 heavy (non-hydrogen) atoms. The maximum atomic E-state index is 12.2. The second kappa shape index (κ2) is 19.1. The van der Waals surface area contributed by atoms with Crippen molar-refractivity contribution in [2.45, 2.75) is 65.8 Å². The van der Waals surface area contributed by atoms with E-state index in [1.807, 2.05) is 0 Å². The molecule has 0 bridgehead atoms. The first-order chi connectivity index (χ1) is 22.2. The van der Waals surface area contributed by atoms with Crippen molar-refractivity contribution in [3.63, 3.8) is 0 Å². The standard InChI is InChI=1S/C21H31NO6.C13H15NO6/c1-20(2,3)27-17(23)13-22(14-18(24)28-21(4,5)6)12-15-8-10-16(11-9-15)19(25)26-7;1-20-13(19)10-4-2-9(3-5-10)6-14(7-11(15)16)8-12(17)18/h8-11H,12-14H2,1-7H3;2-5H,6-8H2,1H3,(H,15,16)(H,17,18). The summed E-state index contributed by atoms with van der Waals surface area (Å²) in [5.74, 6) is -3.95. The molecule has 0 fully saturated rings. The van der Waals surface area contributed by atoms with Crippen LogP contribution in [0.15, 0.2) is 48.5 Å². The molecule has 0 heterocycles. The van der Waals surface area contributed by atoms with Crippen LogP contribution in [0.3, 0.4) is 0 Å². The summed E-state index contributed by atoms with van der Waals surface area (Å²) in [6.45, 7) is 10.3. The minimum atomic E-state index is -1.10. The van der Waals surface area contributed by atoms with E-state index in [1.165, 1.54) is 19.1 Å². The first-order valence-electron chi connectivity index (χ1n) is 14.9. The van der Waals surface area contributed by atoms with Crippen molar-refractivity contribution in [3.8, 4) is 0 Å². The minimum Gasteiger partial charge on any atom is -0.480 e. The van der Waals surface area contributed by atoms with Gasteiger partial charge in [-0.15, -0.1) is 0 Å². The third-order valence-corrected chi connectivity index (χ3v) is 5.83. The highest BCUT2D eigenvalue weighted by molar-refractivity contribution is 5.89. The lowest BCUT2D eigenvalue weighted by atomic mass is 10.1. The van der Waals surface area contributed by atoms with Gasteiger partial charge in [0.2, 0.25) is 0 Å². The zero-order valence-electron chi connectivity index (χ0n) is 28.7. The minimum absolute atomic E-state index is 0.0603. The Hall–Kier alpha value is -4.82. The molecule has 0 amide bonds. The second-order valence-corrected chi connectivity index (χ2v) is 12.6. The van der Waals surface area contributed by atoms with Crippen LogP contribution in [0.25, 0.3) is 0 Å². The van der Waals surface area contributed by atoms with Crippen molar-refractivity contribution in [1.82, 2.24) is 9.80 Å². The predicted molar refractivity (Wildman–Crippen MR) is 173 cm³/mol. The Labute approximate surface area is 280 Å². The summed E-state index contributed by atoms with van der Waals surface area (Å²) >= 11 is 0. The van der Waals surface area contributed by atoms with E-state index in [-0.39, 0.29) is 32.7 Å². The summed E-state index contributed by atoms with van der Waals surface area (Å²) in [4.78, 5) is 71.5. The van der Waals surface area contributed by atoms with E-state index in [2.05, 4.69) is 9.47 Å². The number of carboxylic acids is 2. The molecule has 0 radical (unpaired) electrons. The number of aliphatic carboxylic acids is 2. The fraction of sp³-hybridized carbons (Fsp3) is 0.471. The van der Waals surface area contributed by atoms with Gasteiger partial charge < -0.3 is 29.2 Å². The Balaban J connectivity index is 0.000000507. The van der Waals surface area contributed by atoms with E-state index in [4.69, 9.17) is 19.7 Å². The summed E-state index contributed by atoms with van der Waals surface area (Å²) in [6, 6.07) is 13.1. The van der Waals surface area contributed by atoms with Gasteiger partial charge in [-0.2, -0.15) is 0 Å². The van der Waals surface area contributed by atoms with Crippen LogP contribution in [0.1, 0.15) is 73.4 Å². The van der Waals surface area contributed by atoms with E-state index in [1.54, 1.807) is 95.0 Å². The molecule has 264 valence electrons. The number of methoxy groups -OCH3 is 2. The normalized spacial score (nSPS) is 11.2. The van der Waals surface area contributed by atoms with Crippen LogP contribution >= 0.6 is 0 Å². The van der Waals surface area contributed by atoms with Gasteiger partial charge in [-0.1, -0.05) is 24.3 Å². The second-order valence-electron chi connectivity index (χ2n) is 12.6. The lowest BCUT2D eigenvalue weighted by molar-refractivity contribution is -0.160. The molecule has 2 aromatic carbocycles. The van der Waals surface area contributed by atoms with Gasteiger partial charge in [0.25, 0.3) is 0 Å². The fourth-order valence-electron chi connectivity index (χ4n) is 4.08. The molecule has 0 spiro atoms. The highest BCUT2D eigenvalue weighted by Gasteiger charge is 2.24. The van der Waals surface area contributed by atoms with Crippen molar-refractivity contribution in [2.24, 2.45) is 0 Å². The van der Waals surface area contributed by atoms with Gasteiger partial charge >= 0.3 is 35.8 Å². The van der Waals surface area contributed by atoms with Crippen molar-refractivity contribution in [1.29, 1.82) is 0 Å². The third kappa shape index (κ3) is 17.8. The third-order valence-electron chi connectivity index (χ3n) is 5.83. The zero-order chi connectivity index (χ0) is 36.7. The highest BCUT2D eigenvalue weighted by atomic mass is 16.6. The topological polar surface area (TPSA) is 186 Å². The number of benzene rings is 2. The van der Waals surface area contributed by atoms with Gasteiger partial charge in [0.1, 0.15) is 11.2 Å². The first kappa shape index (κ1) is 41.2. The van der Waals surface area contributed by atoms with Crippen molar-refractivity contribution in [3.05, 3.63) is 70.8 Å². The molecular weight excluding hydrogens is 628 g/mol. The molecule has 0 aliphatic rings. The summed E-state index contributed by atoms with van der Waals surface area (Å²) in [5.41, 5.74) is 1.12. The molecule has 0 aliphatic heterocycles. The van der Waals surface area contributed by atoms with E-state index in [0.717, 1.165) is 5.56 Å². The summed E-state index contributed by atoms with van der Waals surface area (Å²) in [7, 11) is 2.59. The number of nitrogens with zero attached hydrogens (tertiary/aromatic N) is 2. The first-order valence-corrected chi connectivity index (χ1v) is 14.9. The van der Waals surface area contributed by atoms with Gasteiger partial charge in [-0.25, -0.2) is 9.59 Å². The Kier molecular flexibility index (Phi) is 16.4. The smallest absolute Gasteiger partial charge is 0.337 e. The molecule has 0 saturated carbocycles. The Bertz CT molecular complexity index is 1350. The van der Waals surface area contributed by atoms with E-state index < -0.39 is 47.0 Å². The summed E-state index contributed by atoms with van der Waals surface area (Å²) in [6.07, 6.45) is 0. The number of carbonyl (C=O) groups excluding carboxylic acids is 4. The number of ether oxygens (including phenoxy) is 4. The molecule has 0 aliphatic carbocycles. The molecule has 0 unspecified atom stereocenters. The molecule has 0 atom stereocenters. The summed E-state index contributed by atoms with van der Waals surface area (Å²) in [5, 5.41) is 17.5. The van der Waals surface area contributed by atoms with Crippen LogP contribution in [0.5, 0.6) is 0 Å². The molecule has 2 aromatic rings. The zero-order valence-corrected chi connectivity index (χ0v) is 28.7. The number of hydrogen-bond donors (Lipinski definition) is 2. The van der Waals surface area contributed by atoms with Gasteiger partial charge in [0, 0.05) is 13.1 Å². The molecule has 14 nitrogen and oxygen atoms in total. The van der Waals surface area contributed by atoms with E-state index >= 15 is 0 Å². The van der Waals surface area contributed by atoms with Gasteiger partial charge in [0.15, 0.2) is 0 Å². The SMILES string of the molecule is COC(=O)c1ccc(CN(CC(=O)O)CC(=O)O)cc1.COC(=O)c1ccc(CN(CC(=O)OC(C)(C)C)CC(=O)OC(C)(C)C)cc1. The maximum absolute atomic E-state index is 12.2. The van der Waals surface area contributed by atoms with Crippen LogP contribution in [-0.4, -0.2) is 107 Å². The number of hydrogen-bond acceptors (Lipinski definition) is 12. The molecule has 14 heteroatoms. The lowest BCUT2D eigenvalue weighted by Crippen LogP contribution is -2.39. The van der Waals surface area contributed by atoms with Crippen LogP contribution < -0.4 is 0 Å². The van der Waals surface area contributed by atoms with E-state index in [0.29, 0.717) is 23.2 Å². The van der Waals surface area contributed by atoms with Gasteiger partial charge in [-0.05, 0) is 76.9 Å². The van der Waals surface area contributed by atoms with Crippen LogP contribution in [0, 0.1) is 0 Å². The van der Waals surface area contributed by atoms with E-state index in [9.17, 15) is 28.8 Å². The molecule has 0 saturated heterocycles. The monoisotopic (exact) mass is 674 g/mol. The fourth-order valence-corrected chi connectivity index (χ4v) is 4.08. The molecule has 0 aromatic heterocycles. The Morgan fingerprint density at radius 1 is 0.542 bits per heavy atom. The average molecular weight is 675 g/mol. The van der Waals surface area contributed by atoms with Crippen LogP contribution in [0.2, 0.25) is 0 Å². The van der Waals surface area contributed by atoms with Gasteiger partial charge in [0.05, 0.1) is 51.5 Å². The number of carboxylic acid groups (broad SMARTS) is 2. The van der Waals surface area contributed by atoms with Gasteiger partial charge in [-0.3, -0.25) is 29.0 Å².